The lowest BCUT2D eigenvalue weighted by Gasteiger charge is -2.16. The topological polar surface area (TPSA) is 95.3 Å². The summed E-state index contributed by atoms with van der Waals surface area (Å²) in [5.74, 6) is -0.491. The lowest BCUT2D eigenvalue weighted by atomic mass is 10.1. The van der Waals surface area contributed by atoms with E-state index in [2.05, 4.69) is 15.3 Å². The second-order valence-corrected chi connectivity index (χ2v) is 7.20. The third-order valence-electron chi connectivity index (χ3n) is 4.87. The molecule has 1 atom stereocenters. The highest BCUT2D eigenvalue weighted by atomic mass is 19.1. The first-order chi connectivity index (χ1) is 15.5. The maximum Gasteiger partial charge on any atom is 0.229 e. The number of aromatic hydroxyl groups is 1. The molecule has 1 aromatic heterocycles. The van der Waals surface area contributed by atoms with Crippen molar-refractivity contribution in [2.24, 2.45) is 0 Å². The van der Waals surface area contributed by atoms with Gasteiger partial charge in [0, 0.05) is 5.56 Å². The Labute approximate surface area is 184 Å². The normalized spacial score (nSPS) is 11.7. The molecule has 1 unspecified atom stereocenters. The minimum atomic E-state index is -1.12. The smallest absolute Gasteiger partial charge is 0.229 e. The largest absolute Gasteiger partial charge is 0.508 e. The molecule has 4 rings (SSSR count). The van der Waals surface area contributed by atoms with Crippen LogP contribution in [-0.4, -0.2) is 26.1 Å². The summed E-state index contributed by atoms with van der Waals surface area (Å²) in [5, 5.41) is 23.2. The number of hydrogen-bond donors (Lipinski definition) is 3. The zero-order valence-corrected chi connectivity index (χ0v) is 16.9. The Balaban J connectivity index is 1.66. The van der Waals surface area contributed by atoms with E-state index in [0.29, 0.717) is 22.4 Å². The van der Waals surface area contributed by atoms with Crippen molar-refractivity contribution in [3.8, 4) is 17.0 Å². The van der Waals surface area contributed by atoms with E-state index >= 15 is 0 Å². The molecule has 160 valence electrons. The lowest BCUT2D eigenvalue weighted by molar-refractivity contribution is -0.115. The monoisotopic (exact) mass is 429 g/mol. The fourth-order valence-electron chi connectivity index (χ4n) is 3.22. The van der Waals surface area contributed by atoms with Crippen LogP contribution in [0.3, 0.4) is 0 Å². The van der Waals surface area contributed by atoms with Crippen LogP contribution in [0.25, 0.3) is 11.3 Å². The zero-order valence-electron chi connectivity index (χ0n) is 16.9. The molecule has 32 heavy (non-hydrogen) atoms. The first-order valence-corrected chi connectivity index (χ1v) is 9.93. The number of aliphatic hydroxyl groups is 1. The average molecular weight is 429 g/mol. The van der Waals surface area contributed by atoms with Crippen LogP contribution in [-0.2, 0) is 11.2 Å². The molecule has 0 aliphatic rings. The van der Waals surface area contributed by atoms with Crippen LogP contribution in [0.4, 0.5) is 10.2 Å². The summed E-state index contributed by atoms with van der Waals surface area (Å²) in [6.07, 6.45) is 0.380. The summed E-state index contributed by atoms with van der Waals surface area (Å²) in [6.45, 7) is 0. The van der Waals surface area contributed by atoms with E-state index in [9.17, 15) is 19.4 Å². The highest BCUT2D eigenvalue weighted by Gasteiger charge is 2.20. The molecule has 3 aromatic carbocycles. The van der Waals surface area contributed by atoms with E-state index in [1.165, 1.54) is 42.6 Å². The molecular formula is C25H20FN3O3. The van der Waals surface area contributed by atoms with Crippen molar-refractivity contribution >= 4 is 11.7 Å². The Hall–Kier alpha value is -4.10. The minimum absolute atomic E-state index is 0.0164. The molecule has 0 bridgehead atoms. The van der Waals surface area contributed by atoms with Gasteiger partial charge in [0.2, 0.25) is 5.91 Å². The van der Waals surface area contributed by atoms with Gasteiger partial charge in [-0.2, -0.15) is 0 Å². The molecule has 0 aliphatic heterocycles. The number of amides is 1. The summed E-state index contributed by atoms with van der Waals surface area (Å²) >= 11 is 0. The summed E-state index contributed by atoms with van der Waals surface area (Å²) in [7, 11) is 0. The van der Waals surface area contributed by atoms with Crippen molar-refractivity contribution in [3.05, 3.63) is 108 Å². The van der Waals surface area contributed by atoms with Crippen LogP contribution in [0.5, 0.6) is 5.75 Å². The van der Waals surface area contributed by atoms with E-state index in [0.717, 1.165) is 0 Å². The summed E-state index contributed by atoms with van der Waals surface area (Å²) in [4.78, 5) is 21.5. The molecule has 7 heteroatoms. The number of aliphatic hydroxyl groups excluding tert-OH is 1. The maximum atomic E-state index is 13.1. The van der Waals surface area contributed by atoms with Crippen molar-refractivity contribution in [2.45, 2.75) is 12.5 Å². The lowest BCUT2D eigenvalue weighted by Crippen LogP contribution is -2.19. The highest BCUT2D eigenvalue weighted by Crippen LogP contribution is 2.29. The van der Waals surface area contributed by atoms with Crippen molar-refractivity contribution in [1.29, 1.82) is 0 Å². The number of anilines is 1. The van der Waals surface area contributed by atoms with Gasteiger partial charge < -0.3 is 15.5 Å². The van der Waals surface area contributed by atoms with E-state index in [4.69, 9.17) is 0 Å². The molecule has 6 nitrogen and oxygen atoms in total. The van der Waals surface area contributed by atoms with Gasteiger partial charge >= 0.3 is 0 Å². The number of hydrogen-bond acceptors (Lipinski definition) is 5. The summed E-state index contributed by atoms with van der Waals surface area (Å²) in [5.41, 5.74) is 2.60. The molecule has 0 fully saturated rings. The molecule has 1 amide bonds. The van der Waals surface area contributed by atoms with E-state index in [1.807, 2.05) is 6.07 Å². The van der Waals surface area contributed by atoms with Crippen molar-refractivity contribution < 1.29 is 19.4 Å². The summed E-state index contributed by atoms with van der Waals surface area (Å²) < 4.78 is 13.1. The molecule has 0 saturated carbocycles. The third-order valence-corrected chi connectivity index (χ3v) is 4.87. The Kier molecular flexibility index (Phi) is 6.19. The van der Waals surface area contributed by atoms with Gasteiger partial charge in [-0.15, -0.1) is 0 Å². The molecule has 3 N–H and O–H groups in total. The number of carbonyl (C=O) groups excluding carboxylic acids is 1. The van der Waals surface area contributed by atoms with Crippen LogP contribution in [0.15, 0.2) is 85.1 Å². The van der Waals surface area contributed by atoms with Crippen LogP contribution >= 0.6 is 0 Å². The van der Waals surface area contributed by atoms with Gasteiger partial charge in [0.25, 0.3) is 0 Å². The minimum Gasteiger partial charge on any atom is -0.508 e. The predicted octanol–water partition coefficient (Wildman–Crippen LogP) is 4.25. The number of benzene rings is 3. The average Bonchev–Trinajstić information content (AvgIpc) is 2.81. The number of aromatic nitrogens is 2. The first kappa shape index (κ1) is 21.1. The van der Waals surface area contributed by atoms with Crippen molar-refractivity contribution in [1.82, 2.24) is 9.97 Å². The Morgan fingerprint density at radius 1 is 0.969 bits per heavy atom. The van der Waals surface area contributed by atoms with Crippen LogP contribution in [0, 0.1) is 5.82 Å². The molecular weight excluding hydrogens is 409 g/mol. The Morgan fingerprint density at radius 3 is 2.34 bits per heavy atom. The van der Waals surface area contributed by atoms with Crippen LogP contribution in [0.2, 0.25) is 0 Å². The van der Waals surface area contributed by atoms with Gasteiger partial charge in [-0.05, 0) is 47.5 Å². The highest BCUT2D eigenvalue weighted by molar-refractivity contribution is 5.92. The predicted molar refractivity (Wildman–Crippen MR) is 118 cm³/mol. The first-order valence-electron chi connectivity index (χ1n) is 9.93. The number of nitrogens with zero attached hydrogens (tertiary/aromatic N) is 2. The number of phenols is 1. The standard InChI is InChI=1S/C25H20FN3O3/c26-19-10-6-16(7-11-19)14-22(31)29-25-23(24(32)18-4-2-1-3-5-18)28-21(15-27-25)17-8-12-20(30)13-9-17/h1-13,15,24,30,32H,14H2,(H,27,29,31). The number of carbonyl (C=O) groups is 1. The maximum absolute atomic E-state index is 13.1. The SMILES string of the molecule is O=C(Cc1ccc(F)cc1)Nc1ncc(-c2ccc(O)cc2)nc1C(O)c1ccccc1. The van der Waals surface area contributed by atoms with Gasteiger partial charge in [-0.1, -0.05) is 42.5 Å². The van der Waals surface area contributed by atoms with Crippen molar-refractivity contribution in [3.63, 3.8) is 0 Å². The zero-order chi connectivity index (χ0) is 22.5. The fraction of sp³-hybridized carbons (Fsp3) is 0.0800. The number of nitrogens with one attached hydrogen (secondary N) is 1. The second kappa shape index (κ2) is 9.36. The molecule has 0 aliphatic carbocycles. The number of halogens is 1. The van der Waals surface area contributed by atoms with E-state index in [1.54, 1.807) is 36.4 Å². The molecule has 0 saturated heterocycles. The van der Waals surface area contributed by atoms with Gasteiger partial charge in [0.05, 0.1) is 18.3 Å². The Morgan fingerprint density at radius 2 is 1.66 bits per heavy atom. The van der Waals surface area contributed by atoms with E-state index < -0.39 is 6.10 Å². The van der Waals surface area contributed by atoms with Crippen LogP contribution < -0.4 is 5.32 Å². The number of phenolic OH excluding ortho intramolecular Hbond substituents is 1. The van der Waals surface area contributed by atoms with Gasteiger partial charge in [0.15, 0.2) is 5.82 Å². The van der Waals surface area contributed by atoms with E-state index in [-0.39, 0.29) is 35.4 Å². The second-order valence-electron chi connectivity index (χ2n) is 7.20. The molecule has 0 radical (unpaired) electrons. The van der Waals surface area contributed by atoms with Crippen LogP contribution in [0.1, 0.15) is 22.9 Å². The quantitative estimate of drug-likeness (QED) is 0.426. The summed E-state index contributed by atoms with van der Waals surface area (Å²) in [6, 6.07) is 21.0. The van der Waals surface area contributed by atoms with Gasteiger partial charge in [-0.3, -0.25) is 4.79 Å². The fourth-order valence-corrected chi connectivity index (χ4v) is 3.22. The molecule has 4 aromatic rings. The molecule has 0 spiro atoms. The third kappa shape index (κ3) is 4.96. The number of rotatable bonds is 6. The van der Waals surface area contributed by atoms with Gasteiger partial charge in [-0.25, -0.2) is 14.4 Å². The van der Waals surface area contributed by atoms with Crippen molar-refractivity contribution in [2.75, 3.05) is 5.32 Å². The molecule has 1 heterocycles. The Bertz CT molecular complexity index is 1210. The van der Waals surface area contributed by atoms with Gasteiger partial charge in [0.1, 0.15) is 23.4 Å².